The minimum Gasteiger partial charge on any atom is -0.338 e. The average molecular weight is 363 g/mol. The Labute approximate surface area is 150 Å². The van der Waals surface area contributed by atoms with Crippen molar-refractivity contribution >= 4 is 40.4 Å². The van der Waals surface area contributed by atoms with E-state index in [1.807, 2.05) is 36.6 Å². The molecule has 2 amide bonds. The molecule has 1 aliphatic heterocycles. The molecular weight excluding hydrogens is 344 g/mol. The second-order valence-corrected chi connectivity index (χ2v) is 7.44. The number of rotatable bonds is 4. The molecule has 0 N–H and O–H groups in total. The van der Waals surface area contributed by atoms with E-state index in [1.165, 1.54) is 0 Å². The van der Waals surface area contributed by atoms with Gasteiger partial charge in [0.15, 0.2) is 0 Å². The van der Waals surface area contributed by atoms with Crippen LogP contribution in [-0.2, 0) is 9.59 Å². The van der Waals surface area contributed by atoms with Crippen LogP contribution in [0.25, 0.3) is 0 Å². The smallest absolute Gasteiger partial charge is 0.228 e. The molecule has 3 rings (SSSR count). The number of hydrogen-bond donors (Lipinski definition) is 0. The van der Waals surface area contributed by atoms with Crippen LogP contribution in [0, 0.1) is 5.92 Å². The SMILES string of the molecule is CC(c1cccs1)N(C)C(=O)C1CC(=O)N(c2cccc(Cl)c2)C1. The first-order valence-corrected chi connectivity index (χ1v) is 9.09. The van der Waals surface area contributed by atoms with Gasteiger partial charge in [0.1, 0.15) is 0 Å². The number of nitrogens with zero attached hydrogens (tertiary/aromatic N) is 2. The Hall–Kier alpha value is -1.85. The molecule has 1 aromatic carbocycles. The summed E-state index contributed by atoms with van der Waals surface area (Å²) < 4.78 is 0. The molecule has 2 aromatic rings. The Balaban J connectivity index is 1.72. The van der Waals surface area contributed by atoms with Gasteiger partial charge in [-0.25, -0.2) is 0 Å². The molecule has 2 unspecified atom stereocenters. The van der Waals surface area contributed by atoms with E-state index in [0.717, 1.165) is 10.6 Å². The normalized spacial score (nSPS) is 18.7. The summed E-state index contributed by atoms with van der Waals surface area (Å²) in [5.74, 6) is -0.342. The second kappa shape index (κ2) is 6.95. The maximum Gasteiger partial charge on any atom is 0.228 e. The van der Waals surface area contributed by atoms with Crippen LogP contribution < -0.4 is 4.90 Å². The van der Waals surface area contributed by atoms with Crippen molar-refractivity contribution in [2.75, 3.05) is 18.5 Å². The summed E-state index contributed by atoms with van der Waals surface area (Å²) in [6.45, 7) is 2.41. The van der Waals surface area contributed by atoms with Crippen LogP contribution in [0.4, 0.5) is 5.69 Å². The maximum absolute atomic E-state index is 12.8. The number of halogens is 1. The molecule has 6 heteroatoms. The molecule has 1 saturated heterocycles. The number of anilines is 1. The highest BCUT2D eigenvalue weighted by molar-refractivity contribution is 7.10. The van der Waals surface area contributed by atoms with Crippen LogP contribution in [0.5, 0.6) is 0 Å². The van der Waals surface area contributed by atoms with Crippen LogP contribution in [0.1, 0.15) is 24.3 Å². The van der Waals surface area contributed by atoms with Crippen LogP contribution in [0.15, 0.2) is 41.8 Å². The highest BCUT2D eigenvalue weighted by Gasteiger charge is 2.37. The van der Waals surface area contributed by atoms with Gasteiger partial charge < -0.3 is 9.80 Å². The Morgan fingerprint density at radius 2 is 2.17 bits per heavy atom. The van der Waals surface area contributed by atoms with Crippen LogP contribution in [0.2, 0.25) is 5.02 Å². The largest absolute Gasteiger partial charge is 0.338 e. The van der Waals surface area contributed by atoms with Gasteiger partial charge in [-0.1, -0.05) is 23.7 Å². The van der Waals surface area contributed by atoms with Crippen LogP contribution >= 0.6 is 22.9 Å². The predicted octanol–water partition coefficient (Wildman–Crippen LogP) is 3.97. The zero-order chi connectivity index (χ0) is 17.3. The van der Waals surface area contributed by atoms with Gasteiger partial charge in [-0.15, -0.1) is 11.3 Å². The van der Waals surface area contributed by atoms with Gasteiger partial charge >= 0.3 is 0 Å². The number of carbonyl (C=O) groups is 2. The zero-order valence-electron chi connectivity index (χ0n) is 13.6. The van der Waals surface area contributed by atoms with Crippen molar-refractivity contribution < 1.29 is 9.59 Å². The van der Waals surface area contributed by atoms with E-state index < -0.39 is 0 Å². The summed E-state index contributed by atoms with van der Waals surface area (Å²) in [7, 11) is 1.80. The van der Waals surface area contributed by atoms with Gasteiger partial charge in [0.05, 0.1) is 12.0 Å². The van der Waals surface area contributed by atoms with Gasteiger partial charge in [0.25, 0.3) is 0 Å². The molecule has 2 heterocycles. The van der Waals surface area contributed by atoms with E-state index in [-0.39, 0.29) is 30.2 Å². The van der Waals surface area contributed by atoms with E-state index in [4.69, 9.17) is 11.6 Å². The molecule has 0 bridgehead atoms. The zero-order valence-corrected chi connectivity index (χ0v) is 15.2. The summed E-state index contributed by atoms with van der Waals surface area (Å²) in [6, 6.07) is 11.2. The van der Waals surface area contributed by atoms with Gasteiger partial charge in [0, 0.05) is 35.6 Å². The number of benzene rings is 1. The fourth-order valence-electron chi connectivity index (χ4n) is 2.97. The fourth-order valence-corrected chi connectivity index (χ4v) is 3.98. The minimum atomic E-state index is -0.316. The molecule has 24 heavy (non-hydrogen) atoms. The molecule has 4 nitrogen and oxygen atoms in total. The predicted molar refractivity (Wildman–Crippen MR) is 97.4 cm³/mol. The first kappa shape index (κ1) is 17.0. The number of carbonyl (C=O) groups excluding carboxylic acids is 2. The van der Waals surface area contributed by atoms with Crippen molar-refractivity contribution in [3.8, 4) is 0 Å². The first-order chi connectivity index (χ1) is 11.5. The lowest BCUT2D eigenvalue weighted by Gasteiger charge is -2.27. The van der Waals surface area contributed by atoms with E-state index in [9.17, 15) is 9.59 Å². The van der Waals surface area contributed by atoms with Crippen molar-refractivity contribution in [1.82, 2.24) is 4.90 Å². The Kier molecular flexibility index (Phi) is 4.92. The fraction of sp³-hybridized carbons (Fsp3) is 0.333. The summed E-state index contributed by atoms with van der Waals surface area (Å²) in [5.41, 5.74) is 0.747. The van der Waals surface area contributed by atoms with E-state index in [0.29, 0.717) is 11.6 Å². The molecule has 1 fully saturated rings. The quantitative estimate of drug-likeness (QED) is 0.825. The molecule has 0 saturated carbocycles. The third-order valence-electron chi connectivity index (χ3n) is 4.48. The second-order valence-electron chi connectivity index (χ2n) is 6.03. The van der Waals surface area contributed by atoms with Crippen LogP contribution in [0.3, 0.4) is 0 Å². The topological polar surface area (TPSA) is 40.6 Å². The molecule has 0 radical (unpaired) electrons. The summed E-state index contributed by atoms with van der Waals surface area (Å²) >= 11 is 7.64. The minimum absolute atomic E-state index is 0.00724. The third kappa shape index (κ3) is 3.32. The number of hydrogen-bond acceptors (Lipinski definition) is 3. The van der Waals surface area contributed by atoms with Gasteiger partial charge in [-0.3, -0.25) is 9.59 Å². The van der Waals surface area contributed by atoms with E-state index in [1.54, 1.807) is 40.3 Å². The van der Waals surface area contributed by atoms with E-state index in [2.05, 4.69) is 0 Å². The molecule has 1 aliphatic rings. The van der Waals surface area contributed by atoms with Gasteiger partial charge in [-0.05, 0) is 36.6 Å². The van der Waals surface area contributed by atoms with Gasteiger partial charge in [-0.2, -0.15) is 0 Å². The maximum atomic E-state index is 12.8. The van der Waals surface area contributed by atoms with E-state index >= 15 is 0 Å². The lowest BCUT2D eigenvalue weighted by atomic mass is 10.1. The van der Waals surface area contributed by atoms with Gasteiger partial charge in [0.2, 0.25) is 11.8 Å². The third-order valence-corrected chi connectivity index (χ3v) is 5.76. The molecular formula is C18H19ClN2O2S. The Bertz CT molecular complexity index is 747. The standard InChI is InChI=1S/C18H19ClN2O2S/c1-12(16-7-4-8-24-16)20(2)18(23)13-9-17(22)21(11-13)15-6-3-5-14(19)10-15/h3-8,10,12-13H,9,11H2,1-2H3. The van der Waals surface area contributed by atoms with Crippen LogP contribution in [-0.4, -0.2) is 30.3 Å². The van der Waals surface area contributed by atoms with Crippen molar-refractivity contribution in [3.63, 3.8) is 0 Å². The highest BCUT2D eigenvalue weighted by Crippen LogP contribution is 2.30. The molecule has 1 aromatic heterocycles. The molecule has 126 valence electrons. The van der Waals surface area contributed by atoms with Crippen molar-refractivity contribution in [2.24, 2.45) is 5.92 Å². The molecule has 0 aliphatic carbocycles. The summed E-state index contributed by atoms with van der Waals surface area (Å²) in [5, 5.41) is 2.59. The molecule has 0 spiro atoms. The Morgan fingerprint density at radius 3 is 2.83 bits per heavy atom. The van der Waals surface area contributed by atoms with Crippen molar-refractivity contribution in [3.05, 3.63) is 51.7 Å². The molecule has 2 atom stereocenters. The number of amides is 2. The number of thiophene rings is 1. The Morgan fingerprint density at radius 1 is 1.38 bits per heavy atom. The highest BCUT2D eigenvalue weighted by atomic mass is 35.5. The van der Waals surface area contributed by atoms with Crippen molar-refractivity contribution in [2.45, 2.75) is 19.4 Å². The summed E-state index contributed by atoms with van der Waals surface area (Å²) in [4.78, 5) is 29.7. The van der Waals surface area contributed by atoms with Crippen molar-refractivity contribution in [1.29, 1.82) is 0 Å². The lowest BCUT2D eigenvalue weighted by Crippen LogP contribution is -2.36. The lowest BCUT2D eigenvalue weighted by molar-refractivity contribution is -0.136. The average Bonchev–Trinajstić information content (AvgIpc) is 3.22. The first-order valence-electron chi connectivity index (χ1n) is 7.83. The monoisotopic (exact) mass is 362 g/mol. The summed E-state index contributed by atoms with van der Waals surface area (Å²) in [6.07, 6.45) is 0.243.